The lowest BCUT2D eigenvalue weighted by atomic mass is 10.3. The Labute approximate surface area is 94.6 Å². The van der Waals surface area contributed by atoms with E-state index in [1.54, 1.807) is 6.20 Å². The molecule has 0 fully saturated rings. The van der Waals surface area contributed by atoms with Crippen LogP contribution in [0.25, 0.3) is 0 Å². The van der Waals surface area contributed by atoms with Crippen molar-refractivity contribution in [1.29, 1.82) is 0 Å². The summed E-state index contributed by atoms with van der Waals surface area (Å²) in [7, 11) is 0. The molecule has 0 bridgehead atoms. The summed E-state index contributed by atoms with van der Waals surface area (Å²) in [5.41, 5.74) is 1.77. The molecule has 1 atom stereocenters. The van der Waals surface area contributed by atoms with Gasteiger partial charge in [-0.05, 0) is 26.3 Å². The lowest BCUT2D eigenvalue weighted by molar-refractivity contribution is 0.842. The van der Waals surface area contributed by atoms with Crippen molar-refractivity contribution >= 4 is 28.9 Å². The van der Waals surface area contributed by atoms with E-state index in [1.807, 2.05) is 19.9 Å². The number of rotatable bonds is 4. The molecule has 0 spiro atoms. The van der Waals surface area contributed by atoms with E-state index in [4.69, 9.17) is 23.2 Å². The second kappa shape index (κ2) is 5.42. The number of halogens is 2. The van der Waals surface area contributed by atoms with Crippen LogP contribution >= 0.6 is 23.2 Å². The third-order valence-electron chi connectivity index (χ3n) is 1.92. The maximum atomic E-state index is 6.05. The van der Waals surface area contributed by atoms with Crippen LogP contribution in [-0.2, 0) is 0 Å². The second-order valence-corrected chi connectivity index (χ2v) is 4.38. The highest BCUT2D eigenvalue weighted by molar-refractivity contribution is 6.33. The minimum atomic E-state index is 0.184. The predicted molar refractivity (Wildman–Crippen MR) is 62.4 cm³/mol. The first kappa shape index (κ1) is 11.6. The van der Waals surface area contributed by atoms with Gasteiger partial charge in [-0.1, -0.05) is 11.6 Å². The summed E-state index contributed by atoms with van der Waals surface area (Å²) in [5, 5.41) is 4.10. The van der Waals surface area contributed by atoms with Crippen molar-refractivity contribution in [3.05, 3.63) is 23.0 Å². The lowest BCUT2D eigenvalue weighted by Crippen LogP contribution is -2.07. The van der Waals surface area contributed by atoms with Gasteiger partial charge in [0, 0.05) is 18.1 Å². The van der Waals surface area contributed by atoms with Gasteiger partial charge in [0.2, 0.25) is 0 Å². The topological polar surface area (TPSA) is 24.9 Å². The van der Waals surface area contributed by atoms with Gasteiger partial charge in [0.25, 0.3) is 0 Å². The minimum Gasteiger partial charge on any atom is -0.384 e. The van der Waals surface area contributed by atoms with Gasteiger partial charge in [-0.2, -0.15) is 0 Å². The number of aromatic nitrogens is 1. The standard InChI is InChI=1S/C10H14Cl2N2/c1-7(11)3-5-14-9-4-6-13-8(2)10(9)12/h4,6-7H,3,5H2,1-2H3,(H,13,14). The molecular weight excluding hydrogens is 219 g/mol. The number of pyridine rings is 1. The van der Waals surface area contributed by atoms with Crippen LogP contribution in [0, 0.1) is 6.92 Å². The normalized spacial score (nSPS) is 12.6. The predicted octanol–water partition coefficient (Wildman–Crippen LogP) is 3.47. The molecule has 0 aromatic carbocycles. The molecule has 1 aromatic rings. The first-order valence-corrected chi connectivity index (χ1v) is 5.41. The van der Waals surface area contributed by atoms with Gasteiger partial charge in [-0.25, -0.2) is 0 Å². The molecule has 1 aromatic heterocycles. The molecule has 2 nitrogen and oxygen atoms in total. The van der Waals surface area contributed by atoms with Crippen LogP contribution < -0.4 is 5.32 Å². The van der Waals surface area contributed by atoms with Gasteiger partial charge in [-0.3, -0.25) is 4.98 Å². The van der Waals surface area contributed by atoms with Crippen LogP contribution in [0.3, 0.4) is 0 Å². The van der Waals surface area contributed by atoms with Crippen LogP contribution in [0.5, 0.6) is 0 Å². The van der Waals surface area contributed by atoms with Gasteiger partial charge >= 0.3 is 0 Å². The maximum Gasteiger partial charge on any atom is 0.0849 e. The summed E-state index contributed by atoms with van der Waals surface area (Å²) in [6.07, 6.45) is 2.66. The summed E-state index contributed by atoms with van der Waals surface area (Å²) in [5.74, 6) is 0. The van der Waals surface area contributed by atoms with Gasteiger partial charge in [-0.15, -0.1) is 11.6 Å². The first-order chi connectivity index (χ1) is 6.61. The van der Waals surface area contributed by atoms with E-state index >= 15 is 0 Å². The van der Waals surface area contributed by atoms with Crippen LogP contribution in [-0.4, -0.2) is 16.9 Å². The molecule has 0 aliphatic carbocycles. The molecule has 0 saturated heterocycles. The highest BCUT2D eigenvalue weighted by Crippen LogP contribution is 2.23. The molecule has 0 aliphatic heterocycles. The number of hydrogen-bond donors (Lipinski definition) is 1. The van der Waals surface area contributed by atoms with Crippen LogP contribution in [0.1, 0.15) is 19.0 Å². The van der Waals surface area contributed by atoms with E-state index in [2.05, 4.69) is 10.3 Å². The average molecular weight is 233 g/mol. The Hall–Kier alpha value is -0.470. The van der Waals surface area contributed by atoms with Crippen molar-refractivity contribution < 1.29 is 0 Å². The minimum absolute atomic E-state index is 0.184. The van der Waals surface area contributed by atoms with Gasteiger partial charge < -0.3 is 5.32 Å². The Balaban J connectivity index is 2.54. The third-order valence-corrected chi connectivity index (χ3v) is 2.62. The summed E-state index contributed by atoms with van der Waals surface area (Å²) < 4.78 is 0. The smallest absolute Gasteiger partial charge is 0.0849 e. The molecule has 1 heterocycles. The summed E-state index contributed by atoms with van der Waals surface area (Å²) in [6.45, 7) is 4.69. The monoisotopic (exact) mass is 232 g/mol. The van der Waals surface area contributed by atoms with Crippen LogP contribution in [0.4, 0.5) is 5.69 Å². The van der Waals surface area contributed by atoms with Crippen molar-refractivity contribution in [2.75, 3.05) is 11.9 Å². The van der Waals surface area contributed by atoms with E-state index in [9.17, 15) is 0 Å². The Kier molecular flexibility index (Phi) is 4.49. The van der Waals surface area contributed by atoms with Crippen molar-refractivity contribution in [2.45, 2.75) is 25.6 Å². The molecule has 1 N–H and O–H groups in total. The van der Waals surface area contributed by atoms with Crippen LogP contribution in [0.2, 0.25) is 5.02 Å². The Morgan fingerprint density at radius 3 is 2.93 bits per heavy atom. The molecule has 4 heteroatoms. The zero-order valence-electron chi connectivity index (χ0n) is 8.35. The average Bonchev–Trinajstić information content (AvgIpc) is 2.12. The SMILES string of the molecule is Cc1nccc(NCCC(C)Cl)c1Cl. The van der Waals surface area contributed by atoms with Gasteiger partial charge in [0.15, 0.2) is 0 Å². The van der Waals surface area contributed by atoms with Crippen molar-refractivity contribution in [3.8, 4) is 0 Å². The van der Waals surface area contributed by atoms with Crippen LogP contribution in [0.15, 0.2) is 12.3 Å². The summed E-state index contributed by atoms with van der Waals surface area (Å²) >= 11 is 11.9. The molecular formula is C10H14Cl2N2. The Morgan fingerprint density at radius 1 is 1.57 bits per heavy atom. The quantitative estimate of drug-likeness (QED) is 0.805. The molecule has 1 unspecified atom stereocenters. The molecule has 0 amide bonds. The fourth-order valence-electron chi connectivity index (χ4n) is 1.09. The lowest BCUT2D eigenvalue weighted by Gasteiger charge is -2.09. The van der Waals surface area contributed by atoms with Gasteiger partial charge in [0.1, 0.15) is 0 Å². The molecule has 0 aliphatic rings. The highest BCUT2D eigenvalue weighted by Gasteiger charge is 2.03. The van der Waals surface area contributed by atoms with E-state index < -0.39 is 0 Å². The van der Waals surface area contributed by atoms with Gasteiger partial charge in [0.05, 0.1) is 16.4 Å². The number of alkyl halides is 1. The first-order valence-electron chi connectivity index (χ1n) is 4.60. The number of hydrogen-bond acceptors (Lipinski definition) is 2. The molecule has 0 radical (unpaired) electrons. The number of aryl methyl sites for hydroxylation is 1. The maximum absolute atomic E-state index is 6.05. The zero-order valence-corrected chi connectivity index (χ0v) is 9.86. The molecule has 78 valence electrons. The fraction of sp³-hybridized carbons (Fsp3) is 0.500. The highest BCUT2D eigenvalue weighted by atomic mass is 35.5. The van der Waals surface area contributed by atoms with E-state index in [0.29, 0.717) is 5.02 Å². The third kappa shape index (κ3) is 3.35. The molecule has 1 rings (SSSR count). The van der Waals surface area contributed by atoms with E-state index in [0.717, 1.165) is 24.3 Å². The number of nitrogens with one attached hydrogen (secondary N) is 1. The molecule has 14 heavy (non-hydrogen) atoms. The van der Waals surface area contributed by atoms with Crippen molar-refractivity contribution in [3.63, 3.8) is 0 Å². The van der Waals surface area contributed by atoms with Crippen molar-refractivity contribution in [2.24, 2.45) is 0 Å². The number of nitrogens with zero attached hydrogens (tertiary/aromatic N) is 1. The summed E-state index contributed by atoms with van der Waals surface area (Å²) in [4.78, 5) is 4.08. The van der Waals surface area contributed by atoms with E-state index in [-0.39, 0.29) is 5.38 Å². The Morgan fingerprint density at radius 2 is 2.29 bits per heavy atom. The molecule has 0 saturated carbocycles. The Bertz CT molecular complexity index is 300. The zero-order chi connectivity index (χ0) is 10.6. The largest absolute Gasteiger partial charge is 0.384 e. The van der Waals surface area contributed by atoms with E-state index in [1.165, 1.54) is 0 Å². The van der Waals surface area contributed by atoms with Crippen molar-refractivity contribution in [1.82, 2.24) is 4.98 Å². The fourth-order valence-corrected chi connectivity index (χ4v) is 1.38. The summed E-state index contributed by atoms with van der Waals surface area (Å²) in [6, 6.07) is 1.87. The second-order valence-electron chi connectivity index (χ2n) is 3.25. The number of anilines is 1.